The molecule has 0 spiro atoms. The first-order valence-corrected chi connectivity index (χ1v) is 9.57. The fourth-order valence-electron chi connectivity index (χ4n) is 4.34. The number of nitrogens with zero attached hydrogens (tertiary/aromatic N) is 1. The molecule has 1 fully saturated rings. The largest absolute Gasteiger partial charge is 0.341 e. The molecule has 0 unspecified atom stereocenters. The van der Waals surface area contributed by atoms with Crippen molar-refractivity contribution < 1.29 is 4.79 Å². The second kappa shape index (κ2) is 6.91. The minimum atomic E-state index is 0.158. The lowest BCUT2D eigenvalue weighted by molar-refractivity contribution is -0.117. The Hall–Kier alpha value is -2.29. The normalized spacial score (nSPS) is 15.7. The van der Waals surface area contributed by atoms with Crippen LogP contribution in [-0.2, 0) is 11.3 Å². The molecule has 25 heavy (non-hydrogen) atoms. The highest BCUT2D eigenvalue weighted by Gasteiger charge is 2.17. The fraction of sp³-hybridized carbons (Fsp3) is 0.409. The summed E-state index contributed by atoms with van der Waals surface area (Å²) < 4.78 is 2.33. The zero-order valence-corrected chi connectivity index (χ0v) is 14.9. The summed E-state index contributed by atoms with van der Waals surface area (Å²) in [6.45, 7) is 3.11. The van der Waals surface area contributed by atoms with Crippen LogP contribution < -0.4 is 5.32 Å². The zero-order chi connectivity index (χ0) is 17.2. The number of amides is 1. The van der Waals surface area contributed by atoms with Crippen LogP contribution in [0.25, 0.3) is 21.8 Å². The molecule has 1 heterocycles. The van der Waals surface area contributed by atoms with Gasteiger partial charge in [0.05, 0.1) is 0 Å². The maximum atomic E-state index is 12.4. The molecule has 3 nitrogen and oxygen atoms in total. The van der Waals surface area contributed by atoms with Crippen molar-refractivity contribution in [2.24, 2.45) is 5.92 Å². The van der Waals surface area contributed by atoms with E-state index in [1.807, 2.05) is 6.07 Å². The van der Waals surface area contributed by atoms with E-state index in [0.717, 1.165) is 12.2 Å². The standard InChI is InChI=1S/C22H26N2O/c1-2-24-20-11-7-6-10-18(20)19-15-17(12-13-21(19)24)23-22(25)14-16-8-4-3-5-9-16/h6-7,10-13,15-16H,2-5,8-9,14H2,1H3,(H,23,25). The SMILES string of the molecule is CCn1c2ccccc2c2cc(NC(=O)CC3CCCCC3)ccc21. The highest BCUT2D eigenvalue weighted by atomic mass is 16.1. The number of para-hydroxylation sites is 1. The molecule has 0 bridgehead atoms. The second-order valence-corrected chi connectivity index (χ2v) is 7.25. The summed E-state index contributed by atoms with van der Waals surface area (Å²) in [6.07, 6.45) is 6.96. The van der Waals surface area contributed by atoms with Gasteiger partial charge in [-0.05, 0) is 49.9 Å². The maximum Gasteiger partial charge on any atom is 0.224 e. The Morgan fingerprint density at radius 1 is 1.04 bits per heavy atom. The Balaban J connectivity index is 1.60. The van der Waals surface area contributed by atoms with E-state index >= 15 is 0 Å². The van der Waals surface area contributed by atoms with E-state index in [9.17, 15) is 4.79 Å². The molecule has 1 N–H and O–H groups in total. The van der Waals surface area contributed by atoms with Crippen molar-refractivity contribution in [3.63, 3.8) is 0 Å². The van der Waals surface area contributed by atoms with Gasteiger partial charge in [0.25, 0.3) is 0 Å². The van der Waals surface area contributed by atoms with Crippen LogP contribution >= 0.6 is 0 Å². The molecule has 130 valence electrons. The monoisotopic (exact) mass is 334 g/mol. The molecular weight excluding hydrogens is 308 g/mol. The third kappa shape index (κ3) is 3.15. The van der Waals surface area contributed by atoms with Crippen molar-refractivity contribution in [3.05, 3.63) is 42.5 Å². The van der Waals surface area contributed by atoms with E-state index in [1.165, 1.54) is 53.9 Å². The van der Waals surface area contributed by atoms with Gasteiger partial charge in [-0.2, -0.15) is 0 Å². The van der Waals surface area contributed by atoms with E-state index in [-0.39, 0.29) is 5.91 Å². The maximum absolute atomic E-state index is 12.4. The Kier molecular flexibility index (Phi) is 4.48. The van der Waals surface area contributed by atoms with Crippen LogP contribution in [0.5, 0.6) is 0 Å². The minimum Gasteiger partial charge on any atom is -0.341 e. The highest BCUT2D eigenvalue weighted by molar-refractivity contribution is 6.09. The van der Waals surface area contributed by atoms with Crippen molar-refractivity contribution in [2.75, 3.05) is 5.32 Å². The van der Waals surface area contributed by atoms with Gasteiger partial charge in [0, 0.05) is 40.5 Å². The average molecular weight is 334 g/mol. The van der Waals surface area contributed by atoms with Gasteiger partial charge in [-0.15, -0.1) is 0 Å². The topological polar surface area (TPSA) is 34.0 Å². The molecule has 4 rings (SSSR count). The molecule has 1 amide bonds. The molecule has 2 aromatic carbocycles. The van der Waals surface area contributed by atoms with Crippen molar-refractivity contribution in [1.29, 1.82) is 0 Å². The zero-order valence-electron chi connectivity index (χ0n) is 14.9. The minimum absolute atomic E-state index is 0.158. The van der Waals surface area contributed by atoms with Gasteiger partial charge in [0.15, 0.2) is 0 Å². The van der Waals surface area contributed by atoms with Crippen LogP contribution in [0.1, 0.15) is 45.4 Å². The number of fused-ring (bicyclic) bond motifs is 3. The molecule has 1 saturated carbocycles. The average Bonchev–Trinajstić information content (AvgIpc) is 2.95. The predicted molar refractivity (Wildman–Crippen MR) is 105 cm³/mol. The molecular formula is C22H26N2O. The van der Waals surface area contributed by atoms with Crippen molar-refractivity contribution in [3.8, 4) is 0 Å². The molecule has 0 saturated heterocycles. The van der Waals surface area contributed by atoms with Crippen LogP contribution in [0.4, 0.5) is 5.69 Å². The van der Waals surface area contributed by atoms with Crippen LogP contribution in [0, 0.1) is 5.92 Å². The summed E-state index contributed by atoms with van der Waals surface area (Å²) in [5, 5.41) is 5.59. The second-order valence-electron chi connectivity index (χ2n) is 7.25. The summed E-state index contributed by atoms with van der Waals surface area (Å²) in [4.78, 5) is 12.4. The lowest BCUT2D eigenvalue weighted by atomic mass is 9.87. The third-order valence-electron chi connectivity index (χ3n) is 5.57. The quantitative estimate of drug-likeness (QED) is 0.650. The third-order valence-corrected chi connectivity index (χ3v) is 5.57. The molecule has 3 heteroatoms. The first-order valence-electron chi connectivity index (χ1n) is 9.57. The summed E-state index contributed by atoms with van der Waals surface area (Å²) in [6, 6.07) is 14.8. The van der Waals surface area contributed by atoms with Crippen LogP contribution in [0.2, 0.25) is 0 Å². The van der Waals surface area contributed by atoms with E-state index in [0.29, 0.717) is 12.3 Å². The van der Waals surface area contributed by atoms with Crippen molar-refractivity contribution in [1.82, 2.24) is 4.57 Å². The van der Waals surface area contributed by atoms with Gasteiger partial charge >= 0.3 is 0 Å². The molecule has 0 atom stereocenters. The molecule has 0 aliphatic heterocycles. The van der Waals surface area contributed by atoms with Gasteiger partial charge in [-0.1, -0.05) is 37.5 Å². The first-order chi connectivity index (χ1) is 12.3. The van der Waals surface area contributed by atoms with E-state index in [1.54, 1.807) is 0 Å². The number of aromatic nitrogens is 1. The Morgan fingerprint density at radius 2 is 1.80 bits per heavy atom. The van der Waals surface area contributed by atoms with Gasteiger partial charge in [0.2, 0.25) is 5.91 Å². The van der Waals surface area contributed by atoms with Gasteiger partial charge < -0.3 is 9.88 Å². The van der Waals surface area contributed by atoms with E-state index in [2.05, 4.69) is 53.2 Å². The van der Waals surface area contributed by atoms with Crippen LogP contribution in [0.3, 0.4) is 0 Å². The number of carbonyl (C=O) groups is 1. The molecule has 1 aliphatic carbocycles. The van der Waals surface area contributed by atoms with Crippen molar-refractivity contribution >= 4 is 33.4 Å². The van der Waals surface area contributed by atoms with Crippen LogP contribution in [-0.4, -0.2) is 10.5 Å². The number of rotatable bonds is 4. The number of carbonyl (C=O) groups excluding carboxylic acids is 1. The lowest BCUT2D eigenvalue weighted by Crippen LogP contribution is -2.18. The summed E-state index contributed by atoms with van der Waals surface area (Å²) in [5.74, 6) is 0.727. The van der Waals surface area contributed by atoms with Gasteiger partial charge in [-0.3, -0.25) is 4.79 Å². The predicted octanol–water partition coefficient (Wildman–Crippen LogP) is 5.72. The lowest BCUT2D eigenvalue weighted by Gasteiger charge is -2.20. The molecule has 3 aromatic rings. The molecule has 1 aliphatic rings. The molecule has 1 aromatic heterocycles. The van der Waals surface area contributed by atoms with Gasteiger partial charge in [-0.25, -0.2) is 0 Å². The van der Waals surface area contributed by atoms with Crippen molar-refractivity contribution in [2.45, 2.75) is 52.0 Å². The van der Waals surface area contributed by atoms with E-state index < -0.39 is 0 Å². The Bertz CT molecular complexity index is 903. The van der Waals surface area contributed by atoms with Gasteiger partial charge in [0.1, 0.15) is 0 Å². The summed E-state index contributed by atoms with van der Waals surface area (Å²) in [5.41, 5.74) is 3.40. The fourth-order valence-corrected chi connectivity index (χ4v) is 4.34. The Labute approximate surface area is 149 Å². The number of nitrogens with one attached hydrogen (secondary N) is 1. The number of hydrogen-bond donors (Lipinski definition) is 1. The smallest absolute Gasteiger partial charge is 0.224 e. The van der Waals surface area contributed by atoms with Crippen LogP contribution in [0.15, 0.2) is 42.5 Å². The summed E-state index contributed by atoms with van der Waals surface area (Å²) >= 11 is 0. The first kappa shape index (κ1) is 16.2. The number of aryl methyl sites for hydroxylation is 1. The van der Waals surface area contributed by atoms with E-state index in [4.69, 9.17) is 0 Å². The number of benzene rings is 2. The summed E-state index contributed by atoms with van der Waals surface area (Å²) in [7, 11) is 0. The molecule has 0 radical (unpaired) electrons. The number of hydrogen-bond acceptors (Lipinski definition) is 1. The Morgan fingerprint density at radius 3 is 2.60 bits per heavy atom. The highest BCUT2D eigenvalue weighted by Crippen LogP contribution is 2.31. The number of anilines is 1.